The van der Waals surface area contributed by atoms with E-state index in [-0.39, 0.29) is 11.9 Å². The summed E-state index contributed by atoms with van der Waals surface area (Å²) in [5.41, 5.74) is 6.65. The van der Waals surface area contributed by atoms with Crippen LogP contribution in [0.3, 0.4) is 0 Å². The van der Waals surface area contributed by atoms with Crippen molar-refractivity contribution in [3.63, 3.8) is 0 Å². The molecule has 1 aliphatic rings. The van der Waals surface area contributed by atoms with Crippen molar-refractivity contribution < 1.29 is 4.79 Å². The molecule has 1 saturated heterocycles. The van der Waals surface area contributed by atoms with Gasteiger partial charge < -0.3 is 15.2 Å². The Hall–Kier alpha value is -1.00. The Labute approximate surface area is 125 Å². The zero-order valence-electron chi connectivity index (χ0n) is 12.3. The summed E-state index contributed by atoms with van der Waals surface area (Å²) >= 11 is 6.04. The molecular weight excluding hydrogens is 274 g/mol. The molecule has 0 saturated carbocycles. The molecule has 112 valence electrons. The fourth-order valence-electron chi connectivity index (χ4n) is 2.87. The zero-order valence-corrected chi connectivity index (χ0v) is 13.1. The number of carbonyl (C=O) groups is 1. The normalized spacial score (nSPS) is 18.3. The Morgan fingerprint density at radius 3 is 2.70 bits per heavy atom. The minimum absolute atomic E-state index is 0.0912. The van der Waals surface area contributed by atoms with Gasteiger partial charge in [-0.2, -0.15) is 0 Å². The number of hydrogen-bond donors (Lipinski definition) is 1. The highest BCUT2D eigenvalue weighted by Crippen LogP contribution is 2.23. The van der Waals surface area contributed by atoms with Gasteiger partial charge in [0.15, 0.2) is 0 Å². The first-order chi connectivity index (χ1) is 9.52. The second-order valence-corrected chi connectivity index (χ2v) is 6.16. The van der Waals surface area contributed by atoms with E-state index in [2.05, 4.69) is 6.92 Å². The molecular formula is C15H24ClN3O. The Balaban J connectivity index is 2.05. The molecule has 1 atom stereocenters. The first kappa shape index (κ1) is 15.4. The highest BCUT2D eigenvalue weighted by Gasteiger charge is 2.27. The maximum atomic E-state index is 12.6. The van der Waals surface area contributed by atoms with Crippen LogP contribution in [0.25, 0.3) is 0 Å². The van der Waals surface area contributed by atoms with Crippen molar-refractivity contribution in [1.29, 1.82) is 0 Å². The molecule has 1 unspecified atom stereocenters. The molecule has 1 aromatic rings. The molecule has 0 spiro atoms. The summed E-state index contributed by atoms with van der Waals surface area (Å²) in [6.07, 6.45) is 4.81. The minimum Gasteiger partial charge on any atom is -0.342 e. The van der Waals surface area contributed by atoms with Crippen molar-refractivity contribution >= 4 is 17.5 Å². The second-order valence-electron chi connectivity index (χ2n) is 5.73. The van der Waals surface area contributed by atoms with E-state index >= 15 is 0 Å². The summed E-state index contributed by atoms with van der Waals surface area (Å²) in [4.78, 5) is 14.5. The lowest BCUT2D eigenvalue weighted by atomic mass is 9.91. The summed E-state index contributed by atoms with van der Waals surface area (Å²) in [5, 5.41) is 0.632. The maximum absolute atomic E-state index is 12.6. The molecule has 1 aliphatic heterocycles. The van der Waals surface area contributed by atoms with Gasteiger partial charge in [-0.15, -0.1) is 0 Å². The topological polar surface area (TPSA) is 51.3 Å². The first-order valence-corrected chi connectivity index (χ1v) is 7.81. The van der Waals surface area contributed by atoms with Gasteiger partial charge in [0.1, 0.15) is 5.69 Å². The van der Waals surface area contributed by atoms with Crippen LogP contribution in [0.5, 0.6) is 0 Å². The van der Waals surface area contributed by atoms with Gasteiger partial charge in [0.05, 0.1) is 5.02 Å². The summed E-state index contributed by atoms with van der Waals surface area (Å²) in [6.45, 7) is 6.55. The van der Waals surface area contributed by atoms with Crippen LogP contribution in [-0.4, -0.2) is 34.5 Å². The van der Waals surface area contributed by atoms with Crippen LogP contribution in [0.15, 0.2) is 12.3 Å². The van der Waals surface area contributed by atoms with Crippen LogP contribution < -0.4 is 5.73 Å². The van der Waals surface area contributed by atoms with Gasteiger partial charge in [0, 0.05) is 31.9 Å². The number of carbonyl (C=O) groups excluding carboxylic acids is 1. The van der Waals surface area contributed by atoms with Crippen LogP contribution in [-0.2, 0) is 6.54 Å². The number of amides is 1. The van der Waals surface area contributed by atoms with Gasteiger partial charge in [0.2, 0.25) is 0 Å². The molecule has 5 heteroatoms. The van der Waals surface area contributed by atoms with E-state index < -0.39 is 0 Å². The van der Waals surface area contributed by atoms with E-state index in [9.17, 15) is 4.79 Å². The van der Waals surface area contributed by atoms with Crippen molar-refractivity contribution in [2.24, 2.45) is 11.7 Å². The van der Waals surface area contributed by atoms with Crippen LogP contribution in [0.2, 0.25) is 5.02 Å². The van der Waals surface area contributed by atoms with E-state index in [0.717, 1.165) is 38.9 Å². The van der Waals surface area contributed by atoms with Crippen LogP contribution in [0, 0.1) is 5.92 Å². The van der Waals surface area contributed by atoms with Gasteiger partial charge >= 0.3 is 0 Å². The smallest absolute Gasteiger partial charge is 0.270 e. The summed E-state index contributed by atoms with van der Waals surface area (Å²) in [5.74, 6) is 0.624. The third-order valence-electron chi connectivity index (χ3n) is 4.12. The average molecular weight is 298 g/mol. The number of halogens is 1. The monoisotopic (exact) mass is 297 g/mol. The van der Waals surface area contributed by atoms with Crippen molar-refractivity contribution in [1.82, 2.24) is 9.47 Å². The molecule has 4 nitrogen and oxygen atoms in total. The quantitative estimate of drug-likeness (QED) is 0.929. The Morgan fingerprint density at radius 1 is 1.50 bits per heavy atom. The Kier molecular flexibility index (Phi) is 5.11. The molecule has 0 radical (unpaired) electrons. The molecule has 1 aromatic heterocycles. The van der Waals surface area contributed by atoms with E-state index in [1.54, 1.807) is 6.07 Å². The summed E-state index contributed by atoms with van der Waals surface area (Å²) in [6, 6.07) is 1.99. The Morgan fingerprint density at radius 2 is 2.15 bits per heavy atom. The lowest BCUT2D eigenvalue weighted by molar-refractivity contribution is 0.0670. The third-order valence-corrected chi connectivity index (χ3v) is 4.32. The number of aromatic nitrogens is 1. The van der Waals surface area contributed by atoms with Crippen LogP contribution in [0.1, 0.15) is 43.6 Å². The van der Waals surface area contributed by atoms with Crippen LogP contribution >= 0.6 is 11.6 Å². The maximum Gasteiger partial charge on any atom is 0.270 e. The van der Waals surface area contributed by atoms with E-state index in [0.29, 0.717) is 16.6 Å². The van der Waals surface area contributed by atoms with Gasteiger partial charge in [0.25, 0.3) is 5.91 Å². The van der Waals surface area contributed by atoms with Crippen LogP contribution in [0.4, 0.5) is 0 Å². The molecule has 2 N–H and O–H groups in total. The van der Waals surface area contributed by atoms with Crippen molar-refractivity contribution in [3.8, 4) is 0 Å². The minimum atomic E-state index is 0.0912. The van der Waals surface area contributed by atoms with Gasteiger partial charge in [-0.3, -0.25) is 4.79 Å². The highest BCUT2D eigenvalue weighted by molar-refractivity contribution is 6.31. The van der Waals surface area contributed by atoms with E-state index in [1.165, 1.54) is 0 Å². The fraction of sp³-hybridized carbons (Fsp3) is 0.667. The standard InChI is InChI=1S/C15H24ClN3O/c1-3-6-19-10-13(16)9-14(19)15(20)18-7-4-12(5-8-18)11(2)17/h9-12H,3-8,17H2,1-2H3. The summed E-state index contributed by atoms with van der Waals surface area (Å²) in [7, 11) is 0. The first-order valence-electron chi connectivity index (χ1n) is 7.43. The number of nitrogens with two attached hydrogens (primary N) is 1. The fourth-order valence-corrected chi connectivity index (χ4v) is 3.09. The van der Waals surface area contributed by atoms with Crippen molar-refractivity contribution in [2.75, 3.05) is 13.1 Å². The largest absolute Gasteiger partial charge is 0.342 e. The van der Waals surface area contributed by atoms with E-state index in [4.69, 9.17) is 17.3 Å². The van der Waals surface area contributed by atoms with Gasteiger partial charge in [-0.05, 0) is 38.2 Å². The molecule has 0 aromatic carbocycles. The van der Waals surface area contributed by atoms with Crippen molar-refractivity contribution in [3.05, 3.63) is 23.0 Å². The lowest BCUT2D eigenvalue weighted by Crippen LogP contribution is -2.43. The molecule has 0 bridgehead atoms. The predicted molar refractivity (Wildman–Crippen MR) is 82.0 cm³/mol. The molecule has 0 aliphatic carbocycles. The second kappa shape index (κ2) is 6.64. The predicted octanol–water partition coefficient (Wildman–Crippen LogP) is 2.75. The molecule has 2 heterocycles. The van der Waals surface area contributed by atoms with E-state index in [1.807, 2.05) is 22.6 Å². The molecule has 1 fully saturated rings. The molecule has 20 heavy (non-hydrogen) atoms. The van der Waals surface area contributed by atoms with Crippen molar-refractivity contribution in [2.45, 2.75) is 45.7 Å². The lowest BCUT2D eigenvalue weighted by Gasteiger charge is -2.33. The Bertz CT molecular complexity index is 462. The number of rotatable bonds is 4. The number of aryl methyl sites for hydroxylation is 1. The number of piperidine rings is 1. The SMILES string of the molecule is CCCn1cc(Cl)cc1C(=O)N1CCC(C(C)N)CC1. The van der Waals surface area contributed by atoms with Gasteiger partial charge in [-0.1, -0.05) is 18.5 Å². The van der Waals surface area contributed by atoms with Gasteiger partial charge in [-0.25, -0.2) is 0 Å². The number of hydrogen-bond acceptors (Lipinski definition) is 2. The molecule has 2 rings (SSSR count). The highest BCUT2D eigenvalue weighted by atomic mass is 35.5. The summed E-state index contributed by atoms with van der Waals surface area (Å²) < 4.78 is 1.96. The molecule has 1 amide bonds. The average Bonchev–Trinajstić information content (AvgIpc) is 2.79. The number of nitrogens with zero attached hydrogens (tertiary/aromatic N) is 2. The third kappa shape index (κ3) is 3.36. The zero-order chi connectivity index (χ0) is 14.7. The number of likely N-dealkylation sites (tertiary alicyclic amines) is 1.